The standard InChI is InChI=1S/C47H68O12/c1-30(17-14-15-23-44(52)53)27-31(2)47-41-26-25-34(56-47)18-10-6-5-7-12-20-36(49)46(55)43-29-38(51)33(4)40(58-43)22-16-21-39-32(3)37(50)28-42(57-39)35(48)19-11-8-9-13-24-45(54)59-41/h6,8-13,16,19-21,24-27,30,32-43,46-51,55H,5,7,14-15,17-18,22-23,28-29H2,1-4H3,(H,52,53). The first kappa shape index (κ1) is 48.2. The van der Waals surface area contributed by atoms with Gasteiger partial charge in [0.25, 0.3) is 0 Å². The fourth-order valence-electron chi connectivity index (χ4n) is 7.90. The summed E-state index contributed by atoms with van der Waals surface area (Å²) in [4.78, 5) is 23.9. The molecule has 0 radical (unpaired) electrons. The van der Waals surface area contributed by atoms with Crippen molar-refractivity contribution in [3.63, 3.8) is 0 Å². The molecule has 6 N–H and O–H groups in total. The summed E-state index contributed by atoms with van der Waals surface area (Å²) in [5.41, 5.74) is 0.913. The summed E-state index contributed by atoms with van der Waals surface area (Å²) in [5, 5.41) is 63.4. The molecule has 5 rings (SSSR count). The lowest BCUT2D eigenvalue weighted by Crippen LogP contribution is -2.50. The minimum atomic E-state index is -1.23. The first-order valence-corrected chi connectivity index (χ1v) is 21.4. The summed E-state index contributed by atoms with van der Waals surface area (Å²) >= 11 is 0. The zero-order valence-electron chi connectivity index (χ0n) is 35.0. The van der Waals surface area contributed by atoms with Crippen molar-refractivity contribution < 1.29 is 59.2 Å². The van der Waals surface area contributed by atoms with Crippen LogP contribution >= 0.6 is 0 Å². The van der Waals surface area contributed by atoms with E-state index in [1.54, 1.807) is 36.5 Å². The number of rotatable bonds is 7. The largest absolute Gasteiger partial charge is 0.481 e. The fourth-order valence-corrected chi connectivity index (χ4v) is 7.90. The third kappa shape index (κ3) is 15.8. The normalized spacial score (nSPS) is 37.4. The first-order chi connectivity index (χ1) is 28.2. The SMILES string of the molecule is CC(=CC(C)CCCCC(=O)O)C1OC2C=CC1OC(=O)C=CC=CC=CC(O)C1CC(O)C(C)C(C=CCC3OC(CC(O)C3C)C(O)C(O)C=CCCC=CC2)O1. The molecule has 0 aromatic rings. The number of hydrogen-bond acceptors (Lipinski definition) is 11. The molecule has 5 aliphatic rings. The lowest BCUT2D eigenvalue weighted by atomic mass is 9.85. The van der Waals surface area contributed by atoms with Gasteiger partial charge in [-0.2, -0.15) is 0 Å². The molecule has 2 saturated heterocycles. The van der Waals surface area contributed by atoms with E-state index in [1.165, 1.54) is 6.08 Å². The zero-order valence-corrected chi connectivity index (χ0v) is 35.0. The number of allylic oxidation sites excluding steroid dienone is 7. The van der Waals surface area contributed by atoms with E-state index in [9.17, 15) is 35.1 Å². The third-order valence-electron chi connectivity index (χ3n) is 11.7. The number of aliphatic hydroxyl groups excluding tert-OH is 5. The highest BCUT2D eigenvalue weighted by Gasteiger charge is 2.40. The van der Waals surface area contributed by atoms with Gasteiger partial charge in [0.2, 0.25) is 0 Å². The highest BCUT2D eigenvalue weighted by Crippen LogP contribution is 2.32. The van der Waals surface area contributed by atoms with Crippen molar-refractivity contribution >= 4 is 11.9 Å². The first-order valence-electron chi connectivity index (χ1n) is 21.4. The maximum absolute atomic E-state index is 12.9. The van der Waals surface area contributed by atoms with Crippen LogP contribution in [0.25, 0.3) is 0 Å². The topological polar surface area (TPSA) is 192 Å². The molecular weight excluding hydrogens is 757 g/mol. The van der Waals surface area contributed by atoms with E-state index in [0.29, 0.717) is 32.1 Å². The molecule has 15 atom stereocenters. The fraction of sp³-hybridized carbons (Fsp3) is 0.617. The van der Waals surface area contributed by atoms with Crippen LogP contribution < -0.4 is 0 Å². The molecule has 5 heterocycles. The Labute approximate surface area is 350 Å². The van der Waals surface area contributed by atoms with Crippen LogP contribution in [0, 0.1) is 17.8 Å². The van der Waals surface area contributed by atoms with Gasteiger partial charge in [0.1, 0.15) is 18.3 Å². The minimum Gasteiger partial charge on any atom is -0.481 e. The molecule has 59 heavy (non-hydrogen) atoms. The lowest BCUT2D eigenvalue weighted by Gasteiger charge is -2.40. The van der Waals surface area contributed by atoms with Gasteiger partial charge in [0.15, 0.2) is 6.10 Å². The maximum atomic E-state index is 12.9. The summed E-state index contributed by atoms with van der Waals surface area (Å²) in [6.07, 6.45) is 22.8. The van der Waals surface area contributed by atoms with Crippen molar-refractivity contribution in [2.24, 2.45) is 17.8 Å². The van der Waals surface area contributed by atoms with Crippen LogP contribution in [0.2, 0.25) is 0 Å². The van der Waals surface area contributed by atoms with E-state index >= 15 is 0 Å². The molecule has 6 bridgehead atoms. The number of unbranched alkanes of at least 4 members (excludes halogenated alkanes) is 1. The van der Waals surface area contributed by atoms with Crippen molar-refractivity contribution in [2.75, 3.05) is 0 Å². The van der Waals surface area contributed by atoms with Crippen LogP contribution in [0.5, 0.6) is 0 Å². The van der Waals surface area contributed by atoms with Crippen molar-refractivity contribution in [1.29, 1.82) is 0 Å². The quantitative estimate of drug-likeness (QED) is 0.104. The number of carbonyl (C=O) groups is 2. The zero-order chi connectivity index (χ0) is 42.9. The second-order valence-corrected chi connectivity index (χ2v) is 16.6. The summed E-state index contributed by atoms with van der Waals surface area (Å²) in [6, 6.07) is 0. The van der Waals surface area contributed by atoms with Gasteiger partial charge in [-0.15, -0.1) is 0 Å². The van der Waals surface area contributed by atoms with Gasteiger partial charge < -0.3 is 49.6 Å². The molecule has 0 aromatic carbocycles. The predicted octanol–water partition coefficient (Wildman–Crippen LogP) is 5.75. The van der Waals surface area contributed by atoms with Crippen LogP contribution in [0.4, 0.5) is 0 Å². The number of carboxylic acid groups (broad SMARTS) is 1. The third-order valence-corrected chi connectivity index (χ3v) is 11.7. The molecule has 0 spiro atoms. The molecular formula is C47H68O12. The number of aliphatic hydroxyl groups is 5. The van der Waals surface area contributed by atoms with E-state index in [-0.39, 0.29) is 43.1 Å². The van der Waals surface area contributed by atoms with Gasteiger partial charge in [-0.3, -0.25) is 4.79 Å². The summed E-state index contributed by atoms with van der Waals surface area (Å²) in [7, 11) is 0. The highest BCUT2D eigenvalue weighted by atomic mass is 16.6. The Hall–Kier alpha value is -3.46. The Morgan fingerprint density at radius 1 is 0.746 bits per heavy atom. The molecule has 328 valence electrons. The molecule has 12 heteroatoms. The summed E-state index contributed by atoms with van der Waals surface area (Å²) in [6.45, 7) is 7.80. The molecule has 2 fully saturated rings. The maximum Gasteiger partial charge on any atom is 0.331 e. The average molecular weight is 825 g/mol. The van der Waals surface area contributed by atoms with Crippen molar-refractivity contribution in [3.8, 4) is 0 Å². The van der Waals surface area contributed by atoms with Gasteiger partial charge in [-0.25, -0.2) is 4.79 Å². The lowest BCUT2D eigenvalue weighted by molar-refractivity contribution is -0.175. The smallest absolute Gasteiger partial charge is 0.331 e. The molecule has 0 aliphatic carbocycles. The van der Waals surface area contributed by atoms with Gasteiger partial charge in [0, 0.05) is 37.2 Å². The average Bonchev–Trinajstić information content (AvgIpc) is 3.19. The van der Waals surface area contributed by atoms with E-state index in [0.717, 1.165) is 18.4 Å². The Bertz CT molecular complexity index is 1560. The minimum absolute atomic E-state index is 0.140. The molecule has 0 aromatic heterocycles. The van der Waals surface area contributed by atoms with Crippen molar-refractivity contribution in [2.45, 2.75) is 165 Å². The Morgan fingerprint density at radius 3 is 2.25 bits per heavy atom. The number of carboxylic acids is 1. The Kier molecular flexibility index (Phi) is 20.2. The summed E-state index contributed by atoms with van der Waals surface area (Å²) < 4.78 is 24.8. The number of aliphatic carboxylic acids is 1. The van der Waals surface area contributed by atoms with Crippen LogP contribution in [0.15, 0.2) is 96.7 Å². The van der Waals surface area contributed by atoms with Gasteiger partial charge in [-0.1, -0.05) is 106 Å². The van der Waals surface area contributed by atoms with Crippen LogP contribution in [-0.2, 0) is 28.5 Å². The predicted molar refractivity (Wildman–Crippen MR) is 225 cm³/mol. The van der Waals surface area contributed by atoms with Crippen LogP contribution in [0.3, 0.4) is 0 Å². The molecule has 5 aliphatic heterocycles. The molecule has 0 saturated carbocycles. The molecule has 0 amide bonds. The van der Waals surface area contributed by atoms with Gasteiger partial charge in [-0.05, 0) is 63.0 Å². The number of carbonyl (C=O) groups excluding carboxylic acids is 1. The number of ether oxygens (including phenoxy) is 4. The van der Waals surface area contributed by atoms with Crippen molar-refractivity contribution in [3.05, 3.63) is 96.7 Å². The monoisotopic (exact) mass is 824 g/mol. The van der Waals surface area contributed by atoms with E-state index in [4.69, 9.17) is 24.1 Å². The highest BCUT2D eigenvalue weighted by molar-refractivity contribution is 5.82. The van der Waals surface area contributed by atoms with Crippen molar-refractivity contribution in [1.82, 2.24) is 0 Å². The number of hydrogen-bond donors (Lipinski definition) is 6. The van der Waals surface area contributed by atoms with E-state index < -0.39 is 79.1 Å². The van der Waals surface area contributed by atoms with Gasteiger partial charge in [0.05, 0.1) is 48.8 Å². The number of fused-ring (bicyclic) bond motifs is 13. The number of esters is 1. The van der Waals surface area contributed by atoms with E-state index in [1.807, 2.05) is 63.3 Å². The molecule has 15 unspecified atom stereocenters. The second kappa shape index (κ2) is 24.7. The van der Waals surface area contributed by atoms with Crippen LogP contribution in [0.1, 0.15) is 91.9 Å². The van der Waals surface area contributed by atoms with Crippen LogP contribution in [-0.4, -0.2) is 116 Å². The Balaban J connectivity index is 1.50. The van der Waals surface area contributed by atoms with Gasteiger partial charge >= 0.3 is 11.9 Å². The second-order valence-electron chi connectivity index (χ2n) is 16.6. The Morgan fingerprint density at radius 2 is 1.47 bits per heavy atom. The van der Waals surface area contributed by atoms with E-state index in [2.05, 4.69) is 13.0 Å². The summed E-state index contributed by atoms with van der Waals surface area (Å²) in [5.74, 6) is -1.64. The molecule has 12 nitrogen and oxygen atoms in total.